The Balaban J connectivity index is 1.68. The molecular formula is C31H26N2O. The van der Waals surface area contributed by atoms with Crippen molar-refractivity contribution >= 4 is 28.2 Å². The van der Waals surface area contributed by atoms with Gasteiger partial charge >= 0.3 is 0 Å². The fraction of sp³-hybridized carbons (Fsp3) is 0.0968. The number of rotatable bonds is 5. The van der Waals surface area contributed by atoms with E-state index in [2.05, 4.69) is 61.6 Å². The van der Waals surface area contributed by atoms with Gasteiger partial charge in [0.1, 0.15) is 5.82 Å². The molecule has 0 saturated heterocycles. The molecule has 0 unspecified atom stereocenters. The highest BCUT2D eigenvalue weighted by Crippen LogP contribution is 2.36. The smallest absolute Gasteiger partial charge is 0.195 e. The van der Waals surface area contributed by atoms with Crippen LogP contribution in [0.25, 0.3) is 22.0 Å². The van der Waals surface area contributed by atoms with E-state index in [1.54, 1.807) is 0 Å². The maximum atomic E-state index is 13.3. The van der Waals surface area contributed by atoms with E-state index >= 15 is 0 Å². The molecule has 5 rings (SSSR count). The lowest BCUT2D eigenvalue weighted by Crippen LogP contribution is -2.08. The second-order valence-corrected chi connectivity index (χ2v) is 8.72. The van der Waals surface area contributed by atoms with Gasteiger partial charge in [-0.15, -0.1) is 0 Å². The summed E-state index contributed by atoms with van der Waals surface area (Å²) >= 11 is 0. The van der Waals surface area contributed by atoms with Crippen LogP contribution in [-0.4, -0.2) is 10.8 Å². The van der Waals surface area contributed by atoms with E-state index in [9.17, 15) is 4.79 Å². The van der Waals surface area contributed by atoms with Gasteiger partial charge in [-0.25, -0.2) is 4.98 Å². The van der Waals surface area contributed by atoms with Crippen molar-refractivity contribution in [3.8, 4) is 11.1 Å². The van der Waals surface area contributed by atoms with Crippen molar-refractivity contribution < 1.29 is 4.79 Å². The molecule has 0 aliphatic heterocycles. The molecule has 5 aromatic rings. The average Bonchev–Trinajstić information content (AvgIpc) is 2.85. The number of ketones is 1. The number of hydrogen-bond donors (Lipinski definition) is 1. The van der Waals surface area contributed by atoms with Crippen LogP contribution in [0.4, 0.5) is 11.5 Å². The number of nitrogens with one attached hydrogen (secondary N) is 1. The molecule has 3 heteroatoms. The van der Waals surface area contributed by atoms with Crippen LogP contribution in [0.15, 0.2) is 97.1 Å². The van der Waals surface area contributed by atoms with Crippen LogP contribution in [0.3, 0.4) is 0 Å². The molecule has 0 amide bonds. The fourth-order valence-electron chi connectivity index (χ4n) is 4.40. The predicted octanol–water partition coefficient (Wildman–Crippen LogP) is 7.80. The predicted molar refractivity (Wildman–Crippen MR) is 141 cm³/mol. The maximum Gasteiger partial charge on any atom is 0.195 e. The van der Waals surface area contributed by atoms with E-state index in [1.165, 1.54) is 0 Å². The number of hydrogen-bond acceptors (Lipinski definition) is 3. The number of aromatic nitrogens is 1. The number of carbonyl (C=O) groups is 1. The van der Waals surface area contributed by atoms with Crippen LogP contribution < -0.4 is 5.32 Å². The van der Waals surface area contributed by atoms with Crippen molar-refractivity contribution in [1.82, 2.24) is 4.98 Å². The van der Waals surface area contributed by atoms with E-state index in [0.29, 0.717) is 11.1 Å². The van der Waals surface area contributed by atoms with E-state index in [0.717, 1.165) is 50.2 Å². The molecule has 34 heavy (non-hydrogen) atoms. The van der Waals surface area contributed by atoms with Crippen LogP contribution >= 0.6 is 0 Å². The summed E-state index contributed by atoms with van der Waals surface area (Å²) in [4.78, 5) is 18.3. The Hall–Kier alpha value is -4.24. The van der Waals surface area contributed by atoms with E-state index in [-0.39, 0.29) is 5.78 Å². The van der Waals surface area contributed by atoms with Crippen LogP contribution in [0.5, 0.6) is 0 Å². The number of carbonyl (C=O) groups excluding carboxylic acids is 1. The minimum Gasteiger partial charge on any atom is -0.339 e. The van der Waals surface area contributed by atoms with Crippen molar-refractivity contribution in [2.75, 3.05) is 5.32 Å². The molecule has 166 valence electrons. The zero-order chi connectivity index (χ0) is 23.7. The lowest BCUT2D eigenvalue weighted by Gasteiger charge is -2.18. The Morgan fingerprint density at radius 2 is 1.38 bits per heavy atom. The monoisotopic (exact) mass is 442 g/mol. The van der Waals surface area contributed by atoms with E-state index in [4.69, 9.17) is 4.98 Å². The van der Waals surface area contributed by atoms with Crippen molar-refractivity contribution in [3.63, 3.8) is 0 Å². The van der Waals surface area contributed by atoms with Gasteiger partial charge in [0.05, 0.1) is 11.2 Å². The summed E-state index contributed by atoms with van der Waals surface area (Å²) in [7, 11) is 0. The number of aryl methyl sites for hydroxylation is 2. The molecule has 0 saturated carbocycles. The van der Waals surface area contributed by atoms with Crippen molar-refractivity contribution in [2.24, 2.45) is 0 Å². The first kappa shape index (κ1) is 21.6. The first-order valence-corrected chi connectivity index (χ1v) is 11.4. The molecular weight excluding hydrogens is 416 g/mol. The Labute approximate surface area is 200 Å². The van der Waals surface area contributed by atoms with Crippen LogP contribution in [0, 0.1) is 20.8 Å². The molecule has 1 aromatic heterocycles. The Kier molecular flexibility index (Phi) is 5.69. The molecule has 3 nitrogen and oxygen atoms in total. The van der Waals surface area contributed by atoms with Gasteiger partial charge in [0.2, 0.25) is 0 Å². The number of pyridine rings is 1. The summed E-state index contributed by atoms with van der Waals surface area (Å²) in [6.45, 7) is 6.19. The molecule has 0 bridgehead atoms. The quantitative estimate of drug-likeness (QED) is 0.282. The van der Waals surface area contributed by atoms with Gasteiger partial charge in [0.15, 0.2) is 5.78 Å². The fourth-order valence-corrected chi connectivity index (χ4v) is 4.40. The highest BCUT2D eigenvalue weighted by Gasteiger charge is 2.18. The van der Waals surface area contributed by atoms with Gasteiger partial charge in [-0.2, -0.15) is 0 Å². The topological polar surface area (TPSA) is 42.0 Å². The summed E-state index contributed by atoms with van der Waals surface area (Å²) in [5, 5.41) is 4.64. The molecule has 4 aromatic carbocycles. The summed E-state index contributed by atoms with van der Waals surface area (Å²) in [5.41, 5.74) is 8.55. The third-order valence-electron chi connectivity index (χ3n) is 6.16. The molecule has 1 heterocycles. The molecule has 0 spiro atoms. The third kappa shape index (κ3) is 4.08. The second kappa shape index (κ2) is 8.95. The molecule has 0 radical (unpaired) electrons. The highest BCUT2D eigenvalue weighted by atomic mass is 16.1. The van der Waals surface area contributed by atoms with Crippen LogP contribution in [-0.2, 0) is 0 Å². The first-order valence-electron chi connectivity index (χ1n) is 11.4. The standard InChI is InChI=1S/C31H26N2O/c1-20-14-16-25-27(18-20)32-31(22(3)29(25)23-10-6-4-7-11-23)33-28-19-21(2)15-17-26(28)30(34)24-12-8-5-9-13-24/h4-19H,1-3H3,(H,32,33). The van der Waals surface area contributed by atoms with Crippen LogP contribution in [0.2, 0.25) is 0 Å². The zero-order valence-electron chi connectivity index (χ0n) is 19.6. The molecule has 0 atom stereocenters. The number of fused-ring (bicyclic) bond motifs is 1. The molecule has 0 aliphatic rings. The normalized spacial score (nSPS) is 10.9. The summed E-state index contributed by atoms with van der Waals surface area (Å²) < 4.78 is 0. The van der Waals surface area contributed by atoms with Gasteiger partial charge in [-0.05, 0) is 61.2 Å². The summed E-state index contributed by atoms with van der Waals surface area (Å²) in [5.74, 6) is 0.741. The minimum absolute atomic E-state index is 0.0133. The lowest BCUT2D eigenvalue weighted by molar-refractivity contribution is 0.103. The summed E-state index contributed by atoms with van der Waals surface area (Å²) in [6.07, 6.45) is 0. The van der Waals surface area contributed by atoms with E-state index in [1.807, 2.05) is 61.5 Å². The van der Waals surface area contributed by atoms with Crippen molar-refractivity contribution in [1.29, 1.82) is 0 Å². The number of nitrogens with zero attached hydrogens (tertiary/aromatic N) is 1. The number of anilines is 2. The van der Waals surface area contributed by atoms with Crippen LogP contribution in [0.1, 0.15) is 32.6 Å². The van der Waals surface area contributed by atoms with Gasteiger partial charge in [-0.3, -0.25) is 4.79 Å². The van der Waals surface area contributed by atoms with Crippen molar-refractivity contribution in [3.05, 3.63) is 125 Å². The molecule has 0 aliphatic carbocycles. The average molecular weight is 443 g/mol. The maximum absolute atomic E-state index is 13.3. The Bertz CT molecular complexity index is 1510. The highest BCUT2D eigenvalue weighted by molar-refractivity contribution is 6.13. The number of benzene rings is 4. The largest absolute Gasteiger partial charge is 0.339 e. The van der Waals surface area contributed by atoms with Gasteiger partial charge in [0.25, 0.3) is 0 Å². The van der Waals surface area contributed by atoms with Gasteiger partial charge in [0, 0.05) is 22.1 Å². The second-order valence-electron chi connectivity index (χ2n) is 8.72. The minimum atomic E-state index is -0.0133. The SMILES string of the molecule is Cc1ccc(C(=O)c2ccccc2)c(Nc2nc3cc(C)ccc3c(-c3ccccc3)c2C)c1. The summed E-state index contributed by atoms with van der Waals surface area (Å²) in [6, 6.07) is 32.0. The third-order valence-corrected chi connectivity index (χ3v) is 6.16. The lowest BCUT2D eigenvalue weighted by atomic mass is 9.95. The van der Waals surface area contributed by atoms with Gasteiger partial charge < -0.3 is 5.32 Å². The Morgan fingerprint density at radius 3 is 2.12 bits per heavy atom. The molecule has 0 fully saturated rings. The Morgan fingerprint density at radius 1 is 0.735 bits per heavy atom. The first-order chi connectivity index (χ1) is 16.5. The van der Waals surface area contributed by atoms with E-state index < -0.39 is 0 Å². The zero-order valence-corrected chi connectivity index (χ0v) is 19.6. The van der Waals surface area contributed by atoms with Crippen molar-refractivity contribution in [2.45, 2.75) is 20.8 Å². The van der Waals surface area contributed by atoms with Gasteiger partial charge in [-0.1, -0.05) is 78.9 Å². The molecule has 1 N–H and O–H groups in total.